The number of sulfone groups is 1. The van der Waals surface area contributed by atoms with Crippen LogP contribution in [0.2, 0.25) is 0 Å². The van der Waals surface area contributed by atoms with Crippen LogP contribution in [0.5, 0.6) is 0 Å². The van der Waals surface area contributed by atoms with Crippen molar-refractivity contribution in [3.63, 3.8) is 0 Å². The Morgan fingerprint density at radius 2 is 1.92 bits per heavy atom. The third-order valence-electron chi connectivity index (χ3n) is 4.64. The predicted molar refractivity (Wildman–Crippen MR) is 102 cm³/mol. The molecule has 2 atom stereocenters. The number of carbonyl (C=O) groups is 1. The molecule has 1 heterocycles. The number of hydrogen-bond acceptors (Lipinski definition) is 6. The molecule has 0 unspecified atom stereocenters. The lowest BCUT2D eigenvalue weighted by Crippen LogP contribution is -2.43. The number of nitrogens with zero attached hydrogens (tertiary/aromatic N) is 2. The Labute approximate surface area is 158 Å². The largest absolute Gasteiger partial charge is 0.352 e. The van der Waals surface area contributed by atoms with E-state index in [1.54, 1.807) is 0 Å². The summed E-state index contributed by atoms with van der Waals surface area (Å²) in [4.78, 5) is 12.2. The van der Waals surface area contributed by atoms with Gasteiger partial charge in [0.15, 0.2) is 9.84 Å². The van der Waals surface area contributed by atoms with Crippen LogP contribution in [0, 0.1) is 5.92 Å². The minimum absolute atomic E-state index is 0.0812. The van der Waals surface area contributed by atoms with Crippen LogP contribution in [0.25, 0.3) is 10.6 Å². The standard InChI is InChI=1S/C18H23N3O3S2/c1-13-7-5-6-10-15(13)19-16(22)11-26(23,24)12-17-20-21-18(25-17)14-8-3-2-4-9-14/h2-4,8-9,13,15H,5-7,10-12H2,1H3,(H,19,22)/t13-,15+/m1/s1. The van der Waals surface area contributed by atoms with E-state index in [1.807, 2.05) is 30.3 Å². The smallest absolute Gasteiger partial charge is 0.235 e. The van der Waals surface area contributed by atoms with Crippen molar-refractivity contribution in [3.8, 4) is 10.6 Å². The number of amides is 1. The maximum atomic E-state index is 12.4. The van der Waals surface area contributed by atoms with Crippen LogP contribution in [-0.2, 0) is 20.4 Å². The molecular formula is C18H23N3O3S2. The highest BCUT2D eigenvalue weighted by Crippen LogP contribution is 2.25. The van der Waals surface area contributed by atoms with Crippen molar-refractivity contribution in [2.45, 2.75) is 44.4 Å². The minimum Gasteiger partial charge on any atom is -0.352 e. The van der Waals surface area contributed by atoms with E-state index in [2.05, 4.69) is 22.4 Å². The summed E-state index contributed by atoms with van der Waals surface area (Å²) in [5.74, 6) is -0.787. The molecule has 1 aliphatic rings. The molecule has 0 saturated heterocycles. The van der Waals surface area contributed by atoms with Crippen molar-refractivity contribution in [2.24, 2.45) is 5.92 Å². The fourth-order valence-electron chi connectivity index (χ4n) is 3.23. The van der Waals surface area contributed by atoms with Crippen LogP contribution in [-0.4, -0.2) is 36.3 Å². The lowest BCUT2D eigenvalue weighted by atomic mass is 9.86. The van der Waals surface area contributed by atoms with E-state index in [9.17, 15) is 13.2 Å². The molecule has 1 N–H and O–H groups in total. The molecule has 1 aliphatic carbocycles. The summed E-state index contributed by atoms with van der Waals surface area (Å²) in [6.07, 6.45) is 4.25. The van der Waals surface area contributed by atoms with E-state index in [0.717, 1.165) is 24.8 Å². The van der Waals surface area contributed by atoms with Gasteiger partial charge in [0.2, 0.25) is 5.91 Å². The summed E-state index contributed by atoms with van der Waals surface area (Å²) in [5.41, 5.74) is 0.901. The first-order chi connectivity index (χ1) is 12.4. The fraction of sp³-hybridized carbons (Fsp3) is 0.500. The zero-order valence-electron chi connectivity index (χ0n) is 14.7. The lowest BCUT2D eigenvalue weighted by molar-refractivity contribution is -0.119. The number of aromatic nitrogens is 2. The molecule has 1 aromatic carbocycles. The average Bonchev–Trinajstić information content (AvgIpc) is 3.05. The van der Waals surface area contributed by atoms with Gasteiger partial charge in [0.05, 0.1) is 0 Å². The van der Waals surface area contributed by atoms with Crippen LogP contribution in [0.4, 0.5) is 0 Å². The summed E-state index contributed by atoms with van der Waals surface area (Å²) in [6.45, 7) is 2.10. The Hall–Kier alpha value is -1.80. The van der Waals surface area contributed by atoms with Gasteiger partial charge < -0.3 is 5.32 Å². The Kier molecular flexibility index (Phi) is 6.03. The number of carbonyl (C=O) groups excluding carboxylic acids is 1. The van der Waals surface area contributed by atoms with Crippen molar-refractivity contribution in [1.82, 2.24) is 15.5 Å². The van der Waals surface area contributed by atoms with Gasteiger partial charge in [-0.2, -0.15) is 0 Å². The van der Waals surface area contributed by atoms with E-state index in [1.165, 1.54) is 17.8 Å². The average molecular weight is 394 g/mol. The van der Waals surface area contributed by atoms with Crippen molar-refractivity contribution in [3.05, 3.63) is 35.3 Å². The predicted octanol–water partition coefficient (Wildman–Crippen LogP) is 2.81. The van der Waals surface area contributed by atoms with Crippen molar-refractivity contribution < 1.29 is 13.2 Å². The van der Waals surface area contributed by atoms with E-state index in [0.29, 0.717) is 15.9 Å². The monoisotopic (exact) mass is 393 g/mol. The minimum atomic E-state index is -3.58. The summed E-state index contributed by atoms with van der Waals surface area (Å²) in [5, 5.41) is 12.0. The zero-order valence-corrected chi connectivity index (χ0v) is 16.4. The molecule has 0 bridgehead atoms. The number of nitrogens with one attached hydrogen (secondary N) is 1. The van der Waals surface area contributed by atoms with Crippen molar-refractivity contribution >= 4 is 27.1 Å². The summed E-state index contributed by atoms with van der Waals surface area (Å²) in [6, 6.07) is 9.57. The van der Waals surface area contributed by atoms with E-state index in [4.69, 9.17) is 0 Å². The molecule has 1 amide bonds. The van der Waals surface area contributed by atoms with Crippen LogP contribution in [0.3, 0.4) is 0 Å². The number of benzene rings is 1. The molecule has 140 valence electrons. The Balaban J connectivity index is 1.58. The topological polar surface area (TPSA) is 89.0 Å². The van der Waals surface area contributed by atoms with Crippen LogP contribution in [0.15, 0.2) is 30.3 Å². The molecule has 1 aromatic heterocycles. The highest BCUT2D eigenvalue weighted by Gasteiger charge is 2.26. The molecule has 1 fully saturated rings. The SMILES string of the molecule is C[C@@H]1CCCC[C@@H]1NC(=O)CS(=O)(=O)Cc1nnc(-c2ccccc2)s1. The van der Waals surface area contributed by atoms with Gasteiger partial charge in [-0.3, -0.25) is 4.79 Å². The Bertz CT molecular complexity index is 850. The molecule has 0 aliphatic heterocycles. The van der Waals surface area contributed by atoms with Crippen LogP contribution < -0.4 is 5.32 Å². The van der Waals surface area contributed by atoms with Gasteiger partial charge in [0.1, 0.15) is 21.5 Å². The highest BCUT2D eigenvalue weighted by molar-refractivity contribution is 7.91. The first kappa shape index (κ1) is 19.0. The van der Waals surface area contributed by atoms with Gasteiger partial charge in [0, 0.05) is 11.6 Å². The molecule has 3 rings (SSSR count). The summed E-state index contributed by atoms with van der Waals surface area (Å²) >= 11 is 1.24. The van der Waals surface area contributed by atoms with Gasteiger partial charge >= 0.3 is 0 Å². The lowest BCUT2D eigenvalue weighted by Gasteiger charge is -2.29. The molecule has 0 spiro atoms. The summed E-state index contributed by atoms with van der Waals surface area (Å²) in [7, 11) is -3.58. The first-order valence-corrected chi connectivity index (χ1v) is 11.4. The Morgan fingerprint density at radius 1 is 1.19 bits per heavy atom. The van der Waals surface area contributed by atoms with E-state index >= 15 is 0 Å². The van der Waals surface area contributed by atoms with Crippen molar-refractivity contribution in [2.75, 3.05) is 5.75 Å². The first-order valence-electron chi connectivity index (χ1n) is 8.80. The quantitative estimate of drug-likeness (QED) is 0.815. The molecule has 0 radical (unpaired) electrons. The van der Waals surface area contributed by atoms with Gasteiger partial charge in [-0.1, -0.05) is 61.4 Å². The summed E-state index contributed by atoms with van der Waals surface area (Å²) < 4.78 is 24.7. The van der Waals surface area contributed by atoms with Crippen LogP contribution in [0.1, 0.15) is 37.6 Å². The molecule has 26 heavy (non-hydrogen) atoms. The molecule has 1 saturated carbocycles. The maximum Gasteiger partial charge on any atom is 0.235 e. The molecule has 2 aromatic rings. The Morgan fingerprint density at radius 3 is 2.65 bits per heavy atom. The molecule has 6 nitrogen and oxygen atoms in total. The van der Waals surface area contributed by atoms with E-state index < -0.39 is 21.5 Å². The van der Waals surface area contributed by atoms with Crippen LogP contribution >= 0.6 is 11.3 Å². The van der Waals surface area contributed by atoms with Gasteiger partial charge in [0.25, 0.3) is 0 Å². The third kappa shape index (κ3) is 5.11. The molecule has 8 heteroatoms. The van der Waals surface area contributed by atoms with Gasteiger partial charge in [-0.05, 0) is 18.8 Å². The third-order valence-corrected chi connectivity index (χ3v) is 7.21. The molecular weight excluding hydrogens is 370 g/mol. The van der Waals surface area contributed by atoms with Crippen molar-refractivity contribution in [1.29, 1.82) is 0 Å². The number of rotatable bonds is 6. The zero-order chi connectivity index (χ0) is 18.6. The maximum absolute atomic E-state index is 12.4. The normalized spacial score (nSPS) is 20.7. The van der Waals surface area contributed by atoms with E-state index in [-0.39, 0.29) is 11.8 Å². The second kappa shape index (κ2) is 8.26. The number of hydrogen-bond donors (Lipinski definition) is 1. The van der Waals surface area contributed by atoms with Gasteiger partial charge in [-0.15, -0.1) is 10.2 Å². The second-order valence-corrected chi connectivity index (χ2v) is 9.96. The fourth-order valence-corrected chi connectivity index (χ4v) is 5.66. The van der Waals surface area contributed by atoms with Gasteiger partial charge in [-0.25, -0.2) is 8.42 Å². The highest BCUT2D eigenvalue weighted by atomic mass is 32.2. The second-order valence-electron chi connectivity index (χ2n) is 6.83.